The normalized spacial score (nSPS) is 11.5. The molecule has 33 heavy (non-hydrogen) atoms. The van der Waals surface area contributed by atoms with Crippen molar-refractivity contribution >= 4 is 11.6 Å². The maximum absolute atomic E-state index is 13.9. The lowest BCUT2D eigenvalue weighted by atomic mass is 9.96. The van der Waals surface area contributed by atoms with Crippen molar-refractivity contribution < 1.29 is 24.1 Å². The number of pyridine rings is 2. The second-order valence-corrected chi connectivity index (χ2v) is 7.56. The number of halogens is 1. The summed E-state index contributed by atoms with van der Waals surface area (Å²) >= 11 is 0. The molecule has 0 aliphatic carbocycles. The number of hydrogen-bond donors (Lipinski definition) is 3. The molecule has 3 heterocycles. The fourth-order valence-corrected chi connectivity index (χ4v) is 3.59. The van der Waals surface area contributed by atoms with Crippen LogP contribution in [0.4, 0.5) is 4.39 Å². The molecule has 0 aliphatic rings. The van der Waals surface area contributed by atoms with Gasteiger partial charge in [0.1, 0.15) is 23.7 Å². The Morgan fingerprint density at radius 3 is 2.58 bits per heavy atom. The number of carbonyl (C=O) groups is 1. The number of ether oxygens (including phenoxy) is 1. The van der Waals surface area contributed by atoms with Crippen molar-refractivity contribution in [3.8, 4) is 5.75 Å². The molecular weight excluding hydrogens is 427 g/mol. The summed E-state index contributed by atoms with van der Waals surface area (Å²) in [4.78, 5) is 21.9. The number of aliphatic hydroxyl groups excluding tert-OH is 2. The molecule has 0 saturated carbocycles. The summed E-state index contributed by atoms with van der Waals surface area (Å²) in [5, 5.41) is 22.7. The summed E-state index contributed by atoms with van der Waals surface area (Å²) in [7, 11) is 0. The van der Waals surface area contributed by atoms with E-state index in [2.05, 4.69) is 15.3 Å². The Kier molecular flexibility index (Phi) is 6.34. The van der Waals surface area contributed by atoms with Crippen LogP contribution in [0.5, 0.6) is 5.75 Å². The Morgan fingerprint density at radius 1 is 1.12 bits per heavy atom. The van der Waals surface area contributed by atoms with Crippen molar-refractivity contribution in [1.82, 2.24) is 19.7 Å². The van der Waals surface area contributed by atoms with Crippen molar-refractivity contribution in [1.29, 1.82) is 0 Å². The third-order valence-corrected chi connectivity index (χ3v) is 5.39. The van der Waals surface area contributed by atoms with Gasteiger partial charge >= 0.3 is 0 Å². The van der Waals surface area contributed by atoms with Gasteiger partial charge in [-0.1, -0.05) is 24.3 Å². The summed E-state index contributed by atoms with van der Waals surface area (Å²) in [5.74, 6) is -0.550. The van der Waals surface area contributed by atoms with Crippen LogP contribution < -0.4 is 10.1 Å². The number of nitrogens with one attached hydrogen (secondary N) is 1. The van der Waals surface area contributed by atoms with Gasteiger partial charge in [0.05, 0.1) is 24.6 Å². The molecule has 4 aromatic rings. The molecule has 0 bridgehead atoms. The van der Waals surface area contributed by atoms with Crippen LogP contribution in [0.15, 0.2) is 67.0 Å². The molecule has 0 aliphatic heterocycles. The van der Waals surface area contributed by atoms with Gasteiger partial charge in [-0.25, -0.2) is 9.37 Å². The van der Waals surface area contributed by atoms with E-state index in [0.29, 0.717) is 28.3 Å². The zero-order valence-electron chi connectivity index (χ0n) is 17.9. The van der Waals surface area contributed by atoms with Crippen molar-refractivity contribution in [3.05, 3.63) is 95.5 Å². The number of aryl methyl sites for hydroxylation is 1. The highest BCUT2D eigenvalue weighted by Gasteiger charge is 2.36. The van der Waals surface area contributed by atoms with Gasteiger partial charge in [-0.05, 0) is 37.3 Å². The standard InChI is InChI=1S/C24H23FN4O4/c1-16-21(23(32)28-24(14-30,15-31)20-10-4-5-11-26-20)29-12-6-9-19(22(29)27-16)33-13-17-7-2-3-8-18(17)25/h2-12,30-31H,13-15H2,1H3,(H,28,32). The van der Waals surface area contributed by atoms with E-state index in [1.807, 2.05) is 0 Å². The van der Waals surface area contributed by atoms with Gasteiger partial charge in [0.25, 0.3) is 5.91 Å². The van der Waals surface area contributed by atoms with E-state index < -0.39 is 24.7 Å². The first-order valence-electron chi connectivity index (χ1n) is 10.3. The molecule has 3 aromatic heterocycles. The Hall–Kier alpha value is -3.82. The number of aliphatic hydroxyl groups is 2. The quantitative estimate of drug-likeness (QED) is 0.380. The smallest absolute Gasteiger partial charge is 0.271 e. The van der Waals surface area contributed by atoms with E-state index >= 15 is 0 Å². The molecule has 0 saturated heterocycles. The molecule has 9 heteroatoms. The van der Waals surface area contributed by atoms with E-state index in [0.717, 1.165) is 0 Å². The maximum atomic E-state index is 13.9. The zero-order chi connectivity index (χ0) is 23.4. The van der Waals surface area contributed by atoms with Crippen molar-refractivity contribution in [2.24, 2.45) is 0 Å². The number of benzene rings is 1. The van der Waals surface area contributed by atoms with Crippen LogP contribution in [0.3, 0.4) is 0 Å². The molecule has 1 aromatic carbocycles. The van der Waals surface area contributed by atoms with Gasteiger partial charge in [0, 0.05) is 18.0 Å². The minimum atomic E-state index is -1.48. The summed E-state index contributed by atoms with van der Waals surface area (Å²) < 4.78 is 21.3. The molecule has 0 fully saturated rings. The maximum Gasteiger partial charge on any atom is 0.271 e. The highest BCUT2D eigenvalue weighted by molar-refractivity contribution is 5.95. The largest absolute Gasteiger partial charge is 0.485 e. The fourth-order valence-electron chi connectivity index (χ4n) is 3.59. The predicted octanol–water partition coefficient (Wildman–Crippen LogP) is 2.37. The molecule has 0 atom stereocenters. The Balaban J connectivity index is 1.65. The molecule has 1 amide bonds. The van der Waals surface area contributed by atoms with Crippen molar-refractivity contribution in [2.75, 3.05) is 13.2 Å². The van der Waals surface area contributed by atoms with Crippen LogP contribution in [0.25, 0.3) is 5.65 Å². The van der Waals surface area contributed by atoms with Gasteiger partial charge in [0.15, 0.2) is 11.4 Å². The average molecular weight is 450 g/mol. The fraction of sp³-hybridized carbons (Fsp3) is 0.208. The molecule has 170 valence electrons. The van der Waals surface area contributed by atoms with E-state index in [1.165, 1.54) is 12.3 Å². The summed E-state index contributed by atoms with van der Waals surface area (Å²) in [6, 6.07) is 14.7. The zero-order valence-corrected chi connectivity index (χ0v) is 17.9. The van der Waals surface area contributed by atoms with Gasteiger partial charge in [-0.2, -0.15) is 0 Å². The molecule has 0 unspecified atom stereocenters. The third kappa shape index (κ3) is 4.28. The number of hydrogen-bond acceptors (Lipinski definition) is 6. The number of amides is 1. The van der Waals surface area contributed by atoms with E-state index in [-0.39, 0.29) is 18.1 Å². The summed E-state index contributed by atoms with van der Waals surface area (Å²) in [6.45, 7) is 0.554. The van der Waals surface area contributed by atoms with Gasteiger partial charge in [0.2, 0.25) is 0 Å². The lowest BCUT2D eigenvalue weighted by molar-refractivity contribution is 0.0638. The lowest BCUT2D eigenvalue weighted by Gasteiger charge is -2.30. The number of carbonyl (C=O) groups excluding carboxylic acids is 1. The van der Waals surface area contributed by atoms with Gasteiger partial charge in [-0.15, -0.1) is 0 Å². The van der Waals surface area contributed by atoms with Crippen LogP contribution >= 0.6 is 0 Å². The molecule has 8 nitrogen and oxygen atoms in total. The predicted molar refractivity (Wildman–Crippen MR) is 118 cm³/mol. The molecule has 0 radical (unpaired) electrons. The highest BCUT2D eigenvalue weighted by atomic mass is 19.1. The first kappa shape index (κ1) is 22.4. The summed E-state index contributed by atoms with van der Waals surface area (Å²) in [5.41, 5.74) is 0.251. The first-order valence-corrected chi connectivity index (χ1v) is 10.3. The van der Waals surface area contributed by atoms with E-state index in [1.54, 1.807) is 66.1 Å². The Morgan fingerprint density at radius 2 is 1.88 bits per heavy atom. The van der Waals surface area contributed by atoms with E-state index in [9.17, 15) is 19.4 Å². The Bertz CT molecular complexity index is 1270. The molecular formula is C24H23FN4O4. The SMILES string of the molecule is Cc1nc2c(OCc3ccccc3F)cccn2c1C(=O)NC(CO)(CO)c1ccccn1. The van der Waals surface area contributed by atoms with Crippen molar-refractivity contribution in [3.63, 3.8) is 0 Å². The van der Waals surface area contributed by atoms with Crippen LogP contribution in [0.1, 0.15) is 27.4 Å². The Labute approximate surface area is 189 Å². The minimum absolute atomic E-state index is 0.00238. The second kappa shape index (κ2) is 9.35. The van der Waals surface area contributed by atoms with Gasteiger partial charge in [-0.3, -0.25) is 14.2 Å². The lowest BCUT2D eigenvalue weighted by Crippen LogP contribution is -2.52. The average Bonchev–Trinajstić information content (AvgIpc) is 3.19. The van der Waals surface area contributed by atoms with Crippen LogP contribution in [-0.4, -0.2) is 43.7 Å². The van der Waals surface area contributed by atoms with Gasteiger partial charge < -0.3 is 20.3 Å². The molecule has 3 N–H and O–H groups in total. The minimum Gasteiger partial charge on any atom is -0.485 e. The topological polar surface area (TPSA) is 109 Å². The summed E-state index contributed by atoms with van der Waals surface area (Å²) in [6.07, 6.45) is 3.17. The number of aromatic nitrogens is 3. The second-order valence-electron chi connectivity index (χ2n) is 7.56. The van der Waals surface area contributed by atoms with Crippen LogP contribution in [0.2, 0.25) is 0 Å². The number of nitrogens with zero attached hydrogens (tertiary/aromatic N) is 3. The van der Waals surface area contributed by atoms with E-state index in [4.69, 9.17) is 4.74 Å². The molecule has 0 spiro atoms. The van der Waals surface area contributed by atoms with Crippen LogP contribution in [0, 0.1) is 12.7 Å². The number of rotatable bonds is 8. The highest BCUT2D eigenvalue weighted by Crippen LogP contribution is 2.25. The first-order chi connectivity index (χ1) is 16.0. The monoisotopic (exact) mass is 450 g/mol. The number of fused-ring (bicyclic) bond motifs is 1. The molecule has 4 rings (SSSR count). The van der Waals surface area contributed by atoms with Crippen molar-refractivity contribution in [2.45, 2.75) is 19.1 Å². The van der Waals surface area contributed by atoms with Crippen LogP contribution in [-0.2, 0) is 12.1 Å². The number of imidazole rings is 1. The third-order valence-electron chi connectivity index (χ3n) is 5.39.